The average Bonchev–Trinajstić information content (AvgIpc) is 2.81. The molecule has 0 spiro atoms. The van der Waals surface area contributed by atoms with Gasteiger partial charge in [0, 0.05) is 13.2 Å². The summed E-state index contributed by atoms with van der Waals surface area (Å²) < 4.78 is 7.44. The summed E-state index contributed by atoms with van der Waals surface area (Å²) in [6.07, 6.45) is 1.89. The van der Waals surface area contributed by atoms with Gasteiger partial charge in [0.1, 0.15) is 18.1 Å². The molecule has 0 unspecified atom stereocenters. The van der Waals surface area contributed by atoms with Crippen LogP contribution in [0.15, 0.2) is 48.7 Å². The van der Waals surface area contributed by atoms with Crippen LogP contribution in [0, 0.1) is 0 Å². The number of hydrogen-bond donors (Lipinski definition) is 1. The second-order valence-corrected chi connectivity index (χ2v) is 4.46. The van der Waals surface area contributed by atoms with Crippen molar-refractivity contribution in [2.75, 3.05) is 0 Å². The lowest BCUT2D eigenvalue weighted by Gasteiger charge is -2.06. The molecule has 0 aliphatic carbocycles. The zero-order valence-corrected chi connectivity index (χ0v) is 10.6. The van der Waals surface area contributed by atoms with E-state index in [2.05, 4.69) is 5.10 Å². The zero-order valence-electron chi connectivity index (χ0n) is 10.6. The largest absolute Gasteiger partial charge is 0.508 e. The summed E-state index contributed by atoms with van der Waals surface area (Å²) in [5.41, 5.74) is 0.888. The van der Waals surface area contributed by atoms with Gasteiger partial charge < -0.3 is 9.84 Å². The van der Waals surface area contributed by atoms with E-state index in [1.807, 2.05) is 43.6 Å². The predicted octanol–water partition coefficient (Wildman–Crippen LogP) is 2.86. The summed E-state index contributed by atoms with van der Waals surface area (Å²) >= 11 is 0. The van der Waals surface area contributed by atoms with E-state index in [1.165, 1.54) is 0 Å². The van der Waals surface area contributed by atoms with Gasteiger partial charge in [-0.2, -0.15) is 5.10 Å². The van der Waals surface area contributed by atoms with Crippen LogP contribution >= 0.6 is 0 Å². The highest BCUT2D eigenvalue weighted by Gasteiger charge is 2.01. The second-order valence-electron chi connectivity index (χ2n) is 4.46. The molecule has 0 saturated heterocycles. The van der Waals surface area contributed by atoms with Gasteiger partial charge in [-0.25, -0.2) is 0 Å². The molecular weight excluding hydrogens is 240 g/mol. The van der Waals surface area contributed by atoms with Crippen LogP contribution in [0.4, 0.5) is 0 Å². The second kappa shape index (κ2) is 4.65. The van der Waals surface area contributed by atoms with Crippen molar-refractivity contribution >= 4 is 10.8 Å². The quantitative estimate of drug-likeness (QED) is 0.781. The first-order valence-corrected chi connectivity index (χ1v) is 6.05. The van der Waals surface area contributed by atoms with E-state index in [9.17, 15) is 5.11 Å². The summed E-state index contributed by atoms with van der Waals surface area (Å²) in [5.74, 6) is 1.03. The van der Waals surface area contributed by atoms with Crippen LogP contribution < -0.4 is 4.74 Å². The SMILES string of the molecule is Cn1ccc(COc2ccc3ccc(O)cc3c2)n1. The molecule has 0 fully saturated rings. The third kappa shape index (κ3) is 2.52. The maximum atomic E-state index is 9.48. The van der Waals surface area contributed by atoms with Crippen LogP contribution in [0.2, 0.25) is 0 Å². The number of aromatic hydroxyl groups is 1. The lowest BCUT2D eigenvalue weighted by atomic mass is 10.1. The Morgan fingerprint density at radius 3 is 2.74 bits per heavy atom. The molecular formula is C15H14N2O2. The first-order valence-electron chi connectivity index (χ1n) is 6.05. The minimum atomic E-state index is 0.259. The Balaban J connectivity index is 1.81. The molecule has 4 heteroatoms. The third-order valence-corrected chi connectivity index (χ3v) is 2.95. The van der Waals surface area contributed by atoms with Crippen LogP contribution in [0.25, 0.3) is 10.8 Å². The molecule has 0 amide bonds. The normalized spacial score (nSPS) is 10.8. The summed E-state index contributed by atoms with van der Waals surface area (Å²) in [7, 11) is 1.88. The van der Waals surface area contributed by atoms with Crippen LogP contribution in [-0.4, -0.2) is 14.9 Å². The molecule has 1 N–H and O–H groups in total. The van der Waals surface area contributed by atoms with Crippen molar-refractivity contribution in [3.8, 4) is 11.5 Å². The Hall–Kier alpha value is -2.49. The van der Waals surface area contributed by atoms with Gasteiger partial charge in [-0.15, -0.1) is 0 Å². The van der Waals surface area contributed by atoms with Crippen molar-refractivity contribution in [3.05, 3.63) is 54.4 Å². The number of ether oxygens (including phenoxy) is 1. The average molecular weight is 254 g/mol. The van der Waals surface area contributed by atoms with E-state index < -0.39 is 0 Å². The van der Waals surface area contributed by atoms with E-state index in [0.29, 0.717) is 6.61 Å². The molecule has 1 aromatic heterocycles. The van der Waals surface area contributed by atoms with E-state index in [-0.39, 0.29) is 5.75 Å². The van der Waals surface area contributed by atoms with Crippen LogP contribution in [0.3, 0.4) is 0 Å². The highest BCUT2D eigenvalue weighted by molar-refractivity contribution is 5.85. The Morgan fingerprint density at radius 1 is 1.11 bits per heavy atom. The van der Waals surface area contributed by atoms with Gasteiger partial charge in [-0.1, -0.05) is 12.1 Å². The van der Waals surface area contributed by atoms with E-state index >= 15 is 0 Å². The van der Waals surface area contributed by atoms with Crippen LogP contribution in [0.5, 0.6) is 11.5 Å². The molecule has 0 atom stereocenters. The molecule has 0 radical (unpaired) electrons. The van der Waals surface area contributed by atoms with E-state index in [1.54, 1.807) is 16.8 Å². The van der Waals surface area contributed by atoms with Gasteiger partial charge in [-0.3, -0.25) is 4.68 Å². The predicted molar refractivity (Wildman–Crippen MR) is 73.2 cm³/mol. The maximum absolute atomic E-state index is 9.48. The molecule has 3 rings (SSSR count). The molecule has 0 aliphatic rings. The Labute approximate surface area is 110 Å². The molecule has 19 heavy (non-hydrogen) atoms. The first-order chi connectivity index (χ1) is 9.20. The summed E-state index contributed by atoms with van der Waals surface area (Å²) in [6, 6.07) is 13.0. The Morgan fingerprint density at radius 2 is 1.95 bits per heavy atom. The lowest BCUT2D eigenvalue weighted by molar-refractivity contribution is 0.300. The minimum absolute atomic E-state index is 0.259. The minimum Gasteiger partial charge on any atom is -0.508 e. The number of nitrogens with zero attached hydrogens (tertiary/aromatic N) is 2. The van der Waals surface area contributed by atoms with Crippen LogP contribution in [0.1, 0.15) is 5.69 Å². The van der Waals surface area contributed by atoms with Gasteiger partial charge in [0.15, 0.2) is 0 Å². The first kappa shape index (κ1) is 11.6. The smallest absolute Gasteiger partial charge is 0.132 e. The summed E-state index contributed by atoms with van der Waals surface area (Å²) in [6.45, 7) is 0.436. The van der Waals surface area contributed by atoms with Crippen molar-refractivity contribution in [1.82, 2.24) is 9.78 Å². The summed E-state index contributed by atoms with van der Waals surface area (Å²) in [4.78, 5) is 0. The number of aryl methyl sites for hydroxylation is 1. The molecule has 3 aromatic rings. The van der Waals surface area contributed by atoms with Crippen molar-refractivity contribution in [3.63, 3.8) is 0 Å². The van der Waals surface area contributed by atoms with Crippen molar-refractivity contribution in [2.45, 2.75) is 6.61 Å². The summed E-state index contributed by atoms with van der Waals surface area (Å²) in [5, 5.41) is 15.8. The standard InChI is InChI=1S/C15H14N2O2/c1-17-7-6-13(16-17)10-19-15-5-3-11-2-4-14(18)8-12(11)9-15/h2-9,18H,10H2,1H3. The highest BCUT2D eigenvalue weighted by atomic mass is 16.5. The van der Waals surface area contributed by atoms with E-state index in [0.717, 1.165) is 22.2 Å². The fourth-order valence-corrected chi connectivity index (χ4v) is 2.00. The zero-order chi connectivity index (χ0) is 13.2. The maximum Gasteiger partial charge on any atom is 0.132 e. The molecule has 96 valence electrons. The molecule has 0 aliphatic heterocycles. The van der Waals surface area contributed by atoms with Crippen molar-refractivity contribution in [2.24, 2.45) is 7.05 Å². The van der Waals surface area contributed by atoms with Gasteiger partial charge in [-0.05, 0) is 41.1 Å². The number of phenolic OH excluding ortho intramolecular Hbond substituents is 1. The number of phenols is 1. The van der Waals surface area contributed by atoms with Crippen molar-refractivity contribution in [1.29, 1.82) is 0 Å². The molecule has 4 nitrogen and oxygen atoms in total. The Kier molecular flexibility index (Phi) is 2.83. The Bertz CT molecular complexity index is 719. The topological polar surface area (TPSA) is 47.3 Å². The number of benzene rings is 2. The number of rotatable bonds is 3. The molecule has 0 bridgehead atoms. The van der Waals surface area contributed by atoms with Gasteiger partial charge >= 0.3 is 0 Å². The van der Waals surface area contributed by atoms with E-state index in [4.69, 9.17) is 4.74 Å². The highest BCUT2D eigenvalue weighted by Crippen LogP contribution is 2.24. The van der Waals surface area contributed by atoms with Gasteiger partial charge in [0.2, 0.25) is 0 Å². The number of hydrogen-bond acceptors (Lipinski definition) is 3. The van der Waals surface area contributed by atoms with Gasteiger partial charge in [0.05, 0.1) is 5.69 Å². The van der Waals surface area contributed by atoms with Gasteiger partial charge in [0.25, 0.3) is 0 Å². The lowest BCUT2D eigenvalue weighted by Crippen LogP contribution is -1.97. The number of aromatic nitrogens is 2. The third-order valence-electron chi connectivity index (χ3n) is 2.95. The molecule has 0 saturated carbocycles. The fourth-order valence-electron chi connectivity index (χ4n) is 2.00. The van der Waals surface area contributed by atoms with Crippen molar-refractivity contribution < 1.29 is 9.84 Å². The molecule has 2 aromatic carbocycles. The fraction of sp³-hybridized carbons (Fsp3) is 0.133. The number of fused-ring (bicyclic) bond motifs is 1. The molecule has 1 heterocycles. The monoisotopic (exact) mass is 254 g/mol. The van der Waals surface area contributed by atoms with Crippen LogP contribution in [-0.2, 0) is 13.7 Å².